The molecular formula is H17KO32S8. The monoisotopic (exact) mass is 824 g/mol. The van der Waals surface area contributed by atoms with Crippen molar-refractivity contribution >= 4 is 83.2 Å². The molecule has 0 atom stereocenters. The van der Waals surface area contributed by atoms with E-state index in [1.54, 1.807) is 0 Å². The summed E-state index contributed by atoms with van der Waals surface area (Å²) in [6, 6.07) is 0. The van der Waals surface area contributed by atoms with Crippen LogP contribution in [0.2, 0.25) is 0 Å². The van der Waals surface area contributed by atoms with Crippen LogP contribution in [0.25, 0.3) is 0 Å². The summed E-state index contributed by atoms with van der Waals surface area (Å²) in [5.41, 5.74) is 0. The molecule has 0 aliphatic carbocycles. The summed E-state index contributed by atoms with van der Waals surface area (Å²) in [5.74, 6) is 0. The smallest absolute Gasteiger partial charge is 1.00 e. The minimum absolute atomic E-state index is 0. The predicted molar refractivity (Wildman–Crippen MR) is 115 cm³/mol. The molecule has 0 rings (SSSR count). The van der Waals surface area contributed by atoms with Crippen LogP contribution >= 0.6 is 0 Å². The molecule has 32 nitrogen and oxygen atoms in total. The van der Waals surface area contributed by atoms with Crippen LogP contribution in [0, 0.1) is 0 Å². The molecule has 0 fully saturated rings. The molecule has 0 saturated carbocycles. The van der Waals surface area contributed by atoms with E-state index in [1.165, 1.54) is 0 Å². The Kier molecular flexibility index (Phi) is 42.4. The maximum absolute atomic E-state index is 8.74. The van der Waals surface area contributed by atoms with E-state index in [2.05, 4.69) is 0 Å². The van der Waals surface area contributed by atoms with E-state index in [9.17, 15) is 0 Å². The van der Waals surface area contributed by atoms with Crippen molar-refractivity contribution in [3.63, 3.8) is 0 Å². The van der Waals surface area contributed by atoms with Gasteiger partial charge < -0.3 is 1.43 Å². The normalized spacial score (nSPS) is 11.3. The van der Waals surface area contributed by atoms with Crippen LogP contribution in [0.15, 0.2) is 0 Å². The van der Waals surface area contributed by atoms with Crippen LogP contribution < -0.4 is 51.4 Å². The van der Waals surface area contributed by atoms with Gasteiger partial charge in [0.05, 0.1) is 0 Å². The van der Waals surface area contributed by atoms with Gasteiger partial charge in [-0.15, -0.1) is 0 Å². The SMILES string of the molecule is O=S(=O)(O)O.O=S(=O)(O)O.O=S(=O)(O)O.O=S(=O)(O)O.O=S(=O)(O)O.O=S(=O)(O)O.O=S(=O)(O)O.O=S(=O)(O)O.[H-].[K+]. The van der Waals surface area contributed by atoms with Crippen molar-refractivity contribution < 1.29 is 193 Å². The zero-order valence-corrected chi connectivity index (χ0v) is 27.6. The molecule has 0 spiro atoms. The number of hydrogen-bond donors (Lipinski definition) is 16. The Hall–Kier alpha value is 0.596. The topological polar surface area (TPSA) is 597 Å². The second-order valence-electron chi connectivity index (χ2n) is 3.58. The van der Waals surface area contributed by atoms with Crippen molar-refractivity contribution in [1.82, 2.24) is 0 Å². The van der Waals surface area contributed by atoms with E-state index < -0.39 is 83.2 Å². The van der Waals surface area contributed by atoms with E-state index >= 15 is 0 Å². The van der Waals surface area contributed by atoms with Crippen LogP contribution in [0.5, 0.6) is 0 Å². The molecular weight excluding hydrogens is 808 g/mol. The van der Waals surface area contributed by atoms with Crippen molar-refractivity contribution in [3.05, 3.63) is 0 Å². The third-order valence-electron chi connectivity index (χ3n) is 0. The third kappa shape index (κ3) is 170000. The Morgan fingerprint density at radius 1 is 0.195 bits per heavy atom. The van der Waals surface area contributed by atoms with Crippen molar-refractivity contribution in [2.45, 2.75) is 0 Å². The first-order chi connectivity index (χ1) is 16.0. The van der Waals surface area contributed by atoms with Gasteiger partial charge in [-0.1, -0.05) is 0 Å². The molecule has 0 saturated heterocycles. The van der Waals surface area contributed by atoms with E-state index in [1.807, 2.05) is 0 Å². The zero-order valence-electron chi connectivity index (χ0n) is 19.0. The Morgan fingerprint density at radius 2 is 0.195 bits per heavy atom. The molecule has 0 aromatic carbocycles. The number of rotatable bonds is 0. The van der Waals surface area contributed by atoms with Gasteiger partial charge in [0.25, 0.3) is 0 Å². The van der Waals surface area contributed by atoms with E-state index in [4.69, 9.17) is 140 Å². The third-order valence-corrected chi connectivity index (χ3v) is 0. The van der Waals surface area contributed by atoms with Gasteiger partial charge in [0.1, 0.15) is 0 Å². The second-order valence-corrected chi connectivity index (χ2v) is 10.7. The van der Waals surface area contributed by atoms with Crippen LogP contribution in [0.4, 0.5) is 0 Å². The van der Waals surface area contributed by atoms with Crippen LogP contribution in [0.3, 0.4) is 0 Å². The predicted octanol–water partition coefficient (Wildman–Crippen LogP) is -8.11. The van der Waals surface area contributed by atoms with Gasteiger partial charge >= 0.3 is 135 Å². The fourth-order valence-corrected chi connectivity index (χ4v) is 0. The molecule has 0 radical (unpaired) electrons. The Labute approximate surface area is 273 Å². The summed E-state index contributed by atoms with van der Waals surface area (Å²) in [4.78, 5) is 0. The Morgan fingerprint density at radius 3 is 0.195 bits per heavy atom. The Balaban J connectivity index is -0.0000000346. The van der Waals surface area contributed by atoms with Gasteiger partial charge in [0.2, 0.25) is 0 Å². The van der Waals surface area contributed by atoms with Gasteiger partial charge in [-0.3, -0.25) is 72.8 Å². The van der Waals surface area contributed by atoms with E-state index in [0.29, 0.717) is 0 Å². The average Bonchev–Trinajstić information content (AvgIpc) is 2.16. The molecule has 0 heterocycles. The molecule has 0 aromatic heterocycles. The minimum atomic E-state index is -4.67. The van der Waals surface area contributed by atoms with Gasteiger partial charge in [-0.25, -0.2) is 0 Å². The molecule has 0 unspecified atom stereocenters. The summed E-state index contributed by atoms with van der Waals surface area (Å²) < 4.78 is 253. The molecule has 258 valence electrons. The first-order valence-corrected chi connectivity index (χ1v) is 16.8. The fourth-order valence-electron chi connectivity index (χ4n) is 0. The minimum Gasteiger partial charge on any atom is -1.00 e. The van der Waals surface area contributed by atoms with Crippen molar-refractivity contribution in [2.24, 2.45) is 0 Å². The first-order valence-electron chi connectivity index (χ1n) is 5.59. The first kappa shape index (κ1) is 64.5. The summed E-state index contributed by atoms with van der Waals surface area (Å²) >= 11 is 0. The van der Waals surface area contributed by atoms with Gasteiger partial charge in [-0.05, 0) is 0 Å². The van der Waals surface area contributed by atoms with E-state index in [-0.39, 0.29) is 52.8 Å². The zero-order chi connectivity index (χ0) is 36.0. The van der Waals surface area contributed by atoms with E-state index in [0.717, 1.165) is 0 Å². The van der Waals surface area contributed by atoms with Gasteiger partial charge in [0.15, 0.2) is 0 Å². The standard InChI is InChI=1S/K.8H2O4S.H/c;8*1-5(2,3)4;/h;8*(H2,1,2,3,4);/q+1;;;;;;;;;-1. The molecule has 0 amide bonds. The van der Waals surface area contributed by atoms with Crippen LogP contribution in [-0.4, -0.2) is 140 Å². The molecule has 0 bridgehead atoms. The molecule has 16 N–H and O–H groups in total. The van der Waals surface area contributed by atoms with Crippen LogP contribution in [-0.2, 0) is 83.2 Å². The fraction of sp³-hybridized carbons (Fsp3) is 0. The maximum atomic E-state index is 8.74. The quantitative estimate of drug-likeness (QED) is 0.0796. The summed E-state index contributed by atoms with van der Waals surface area (Å²) in [6.07, 6.45) is 0. The summed E-state index contributed by atoms with van der Waals surface area (Å²) in [6.45, 7) is 0. The maximum Gasteiger partial charge on any atom is 1.00 e. The summed E-state index contributed by atoms with van der Waals surface area (Å²) in [5, 5.41) is 0. The van der Waals surface area contributed by atoms with Gasteiger partial charge in [-0.2, -0.15) is 67.3 Å². The summed E-state index contributed by atoms with van der Waals surface area (Å²) in [7, 11) is -37.3. The largest absolute Gasteiger partial charge is 1.00 e. The van der Waals surface area contributed by atoms with Crippen molar-refractivity contribution in [2.75, 3.05) is 0 Å². The molecule has 0 aliphatic rings. The van der Waals surface area contributed by atoms with Crippen LogP contribution in [0.1, 0.15) is 1.43 Å². The van der Waals surface area contributed by atoms with Gasteiger partial charge in [0, 0.05) is 0 Å². The Bertz CT molecular complexity index is 1070. The average molecular weight is 825 g/mol. The molecule has 0 aromatic rings. The second kappa shape index (κ2) is 27.0. The molecule has 41 heteroatoms. The van der Waals surface area contributed by atoms with Crippen molar-refractivity contribution in [1.29, 1.82) is 0 Å². The molecule has 0 aliphatic heterocycles. The molecule has 41 heavy (non-hydrogen) atoms. The number of hydrogen-bond acceptors (Lipinski definition) is 16. The van der Waals surface area contributed by atoms with Crippen molar-refractivity contribution in [3.8, 4) is 0 Å².